The average Bonchev–Trinajstić information content (AvgIpc) is 2.72. The maximum atomic E-state index is 14.4. The van der Waals surface area contributed by atoms with E-state index in [1.165, 1.54) is 0 Å². The van der Waals surface area contributed by atoms with E-state index in [9.17, 15) is 53.1 Å². The van der Waals surface area contributed by atoms with Crippen molar-refractivity contribution in [1.29, 1.82) is 0 Å². The molecule has 1 unspecified atom stereocenters. The zero-order valence-corrected chi connectivity index (χ0v) is 14.3. The summed E-state index contributed by atoms with van der Waals surface area (Å²) in [5.41, 5.74) is -2.81. The van der Waals surface area contributed by atoms with Crippen LogP contribution in [0.4, 0.5) is 48.3 Å². The maximum Gasteiger partial charge on any atom is 0.462 e. The van der Waals surface area contributed by atoms with Crippen molar-refractivity contribution in [3.63, 3.8) is 0 Å². The monoisotopic (exact) mass is 486 g/mol. The lowest BCUT2D eigenvalue weighted by atomic mass is 10.2. The minimum absolute atomic E-state index is 0.0584. The highest BCUT2D eigenvalue weighted by Gasteiger charge is 2.79. The van der Waals surface area contributed by atoms with Gasteiger partial charge in [-0.25, -0.2) is 4.68 Å². The molecule has 0 bridgehead atoms. The van der Waals surface area contributed by atoms with Crippen molar-refractivity contribution in [1.82, 2.24) is 9.78 Å². The zero-order chi connectivity index (χ0) is 21.8. The van der Waals surface area contributed by atoms with Crippen molar-refractivity contribution >= 4 is 21.8 Å². The summed E-state index contributed by atoms with van der Waals surface area (Å²) in [4.78, 5) is 11.2. The van der Waals surface area contributed by atoms with Gasteiger partial charge in [-0.05, 0) is 22.9 Å². The van der Waals surface area contributed by atoms with Crippen LogP contribution >= 0.6 is 15.9 Å². The topological polar surface area (TPSA) is 44.1 Å². The van der Waals surface area contributed by atoms with Gasteiger partial charge in [0.25, 0.3) is 0 Å². The molecular formula is C11H6BrF11N2O2. The molecule has 1 rings (SSSR count). The molecule has 0 aliphatic carbocycles. The van der Waals surface area contributed by atoms with Gasteiger partial charge in [-0.2, -0.15) is 53.4 Å². The Kier molecular flexibility index (Phi) is 5.73. The molecule has 0 radical (unpaired) electrons. The van der Waals surface area contributed by atoms with Gasteiger partial charge in [0.2, 0.25) is 5.91 Å². The summed E-state index contributed by atoms with van der Waals surface area (Å²) in [5, 5.41) is 2.72. The predicted octanol–water partition coefficient (Wildman–Crippen LogP) is 5.11. The number of carbonyl (C=O) groups excluding carboxylic acids is 1. The molecule has 0 amide bonds. The highest BCUT2D eigenvalue weighted by atomic mass is 79.9. The Morgan fingerprint density at radius 3 is 1.70 bits per heavy atom. The molecule has 0 saturated carbocycles. The van der Waals surface area contributed by atoms with Crippen LogP contribution in [0.3, 0.4) is 0 Å². The number of aromatic nitrogens is 2. The molecule has 156 valence electrons. The van der Waals surface area contributed by atoms with Gasteiger partial charge in [0.05, 0.1) is 10.2 Å². The van der Waals surface area contributed by atoms with Gasteiger partial charge in [0, 0.05) is 6.92 Å². The van der Waals surface area contributed by atoms with Gasteiger partial charge in [0.15, 0.2) is 5.69 Å². The van der Waals surface area contributed by atoms with Crippen LogP contribution in [0, 0.1) is 6.92 Å². The second-order valence-electron chi connectivity index (χ2n) is 4.96. The summed E-state index contributed by atoms with van der Waals surface area (Å²) in [6.07, 6.45) is -20.7. The number of carbonyl (C=O) groups is 1. The van der Waals surface area contributed by atoms with Crippen molar-refractivity contribution < 1.29 is 57.8 Å². The Hall–Kier alpha value is -1.45. The minimum Gasteiger partial charge on any atom is -0.273 e. The van der Waals surface area contributed by atoms with E-state index in [0.717, 1.165) is 6.92 Å². The number of ether oxygens (including phenoxy) is 1. The number of nitrogens with zero attached hydrogens (tertiary/aromatic N) is 2. The van der Waals surface area contributed by atoms with Crippen LogP contribution in [0.2, 0.25) is 0 Å². The number of alkyl halides is 11. The molecule has 27 heavy (non-hydrogen) atoms. The molecule has 0 saturated heterocycles. The Morgan fingerprint density at radius 2 is 1.41 bits per heavy atom. The lowest BCUT2D eigenvalue weighted by molar-refractivity contribution is -0.488. The van der Waals surface area contributed by atoms with E-state index in [2.05, 4.69) is 25.8 Å². The van der Waals surface area contributed by atoms with Gasteiger partial charge in [0.1, 0.15) is 0 Å². The van der Waals surface area contributed by atoms with Crippen LogP contribution in [0.25, 0.3) is 0 Å². The molecule has 16 heteroatoms. The van der Waals surface area contributed by atoms with E-state index in [0.29, 0.717) is 6.92 Å². The van der Waals surface area contributed by atoms with Crippen LogP contribution in [0.15, 0.2) is 4.47 Å². The average molecular weight is 487 g/mol. The van der Waals surface area contributed by atoms with E-state index < -0.39 is 52.0 Å². The van der Waals surface area contributed by atoms with Crippen molar-refractivity contribution in [2.75, 3.05) is 0 Å². The van der Waals surface area contributed by atoms with Crippen LogP contribution in [-0.2, 0) is 10.6 Å². The molecule has 1 aromatic rings. The van der Waals surface area contributed by atoms with Crippen LogP contribution in [0.1, 0.15) is 23.1 Å². The fourth-order valence-electron chi connectivity index (χ4n) is 1.64. The molecule has 1 atom stereocenters. The van der Waals surface area contributed by atoms with E-state index in [4.69, 9.17) is 0 Å². The van der Waals surface area contributed by atoms with Crippen molar-refractivity contribution in [2.24, 2.45) is 0 Å². The fraction of sp³-hybridized carbons (Fsp3) is 0.636. The normalized spacial score (nSPS) is 16.4. The molecule has 0 fully saturated rings. The third-order valence-electron chi connectivity index (χ3n) is 3.00. The highest BCUT2D eigenvalue weighted by Crippen LogP contribution is 2.54. The molecule has 1 aromatic heterocycles. The summed E-state index contributed by atoms with van der Waals surface area (Å²) in [6.45, 7) is 1.55. The second-order valence-corrected chi connectivity index (χ2v) is 5.76. The predicted molar refractivity (Wildman–Crippen MR) is 66.8 cm³/mol. The first-order valence-electron chi connectivity index (χ1n) is 6.25. The Morgan fingerprint density at radius 1 is 0.963 bits per heavy atom. The van der Waals surface area contributed by atoms with E-state index >= 15 is 0 Å². The first-order valence-corrected chi connectivity index (χ1v) is 7.04. The van der Waals surface area contributed by atoms with Crippen molar-refractivity contribution in [3.05, 3.63) is 15.9 Å². The SMILES string of the molecule is CC(=O)n1nc(C(F)(OC(F)(F)C(F)(F)C(F)(F)F)C(F)(F)F)c(Br)c1C. The standard InChI is InChI=1S/C11H6BrF11N2O2/c1-3-5(12)6(24-25(3)4(2)26)7(13,9(16,17)18)27-11(22,23)8(14,15)10(19,20)21/h1-2H3. The fourth-order valence-corrected chi connectivity index (χ4v) is 2.14. The lowest BCUT2D eigenvalue weighted by Crippen LogP contribution is -2.58. The first kappa shape index (κ1) is 23.6. The van der Waals surface area contributed by atoms with Crippen LogP contribution in [-0.4, -0.2) is 40.1 Å². The van der Waals surface area contributed by atoms with E-state index in [1.54, 1.807) is 0 Å². The molecule has 1 heterocycles. The zero-order valence-electron chi connectivity index (χ0n) is 12.7. The Balaban J connectivity index is 3.66. The summed E-state index contributed by atoms with van der Waals surface area (Å²) in [6, 6.07) is 0. The van der Waals surface area contributed by atoms with Gasteiger partial charge in [-0.15, -0.1) is 0 Å². The van der Waals surface area contributed by atoms with Gasteiger partial charge >= 0.3 is 30.2 Å². The molecule has 0 N–H and O–H groups in total. The lowest BCUT2D eigenvalue weighted by Gasteiger charge is -2.34. The number of hydrogen-bond donors (Lipinski definition) is 0. The Labute approximate surface area is 150 Å². The number of rotatable bonds is 4. The van der Waals surface area contributed by atoms with E-state index in [1.807, 2.05) is 0 Å². The molecular weight excluding hydrogens is 481 g/mol. The first-order chi connectivity index (χ1) is 11.7. The smallest absolute Gasteiger partial charge is 0.273 e. The highest BCUT2D eigenvalue weighted by molar-refractivity contribution is 9.10. The number of halogens is 12. The third kappa shape index (κ3) is 3.77. The minimum atomic E-state index is -7.19. The van der Waals surface area contributed by atoms with Crippen molar-refractivity contribution in [2.45, 2.75) is 44.1 Å². The van der Waals surface area contributed by atoms with Gasteiger partial charge < -0.3 is 0 Å². The van der Waals surface area contributed by atoms with Gasteiger partial charge in [-0.1, -0.05) is 0 Å². The maximum absolute atomic E-state index is 14.4. The molecule has 4 nitrogen and oxygen atoms in total. The van der Waals surface area contributed by atoms with Gasteiger partial charge in [-0.3, -0.25) is 9.53 Å². The second kappa shape index (κ2) is 6.56. The summed E-state index contributed by atoms with van der Waals surface area (Å²) in [5.74, 6) is -14.3. The molecule has 0 spiro atoms. The summed E-state index contributed by atoms with van der Waals surface area (Å²) in [7, 11) is 0. The van der Waals surface area contributed by atoms with E-state index in [-0.39, 0.29) is 4.68 Å². The van der Waals surface area contributed by atoms with Crippen molar-refractivity contribution in [3.8, 4) is 0 Å². The molecule has 0 aromatic carbocycles. The van der Waals surface area contributed by atoms with Crippen LogP contribution < -0.4 is 0 Å². The Bertz CT molecular complexity index is 740. The van der Waals surface area contributed by atoms with Crippen LogP contribution in [0.5, 0.6) is 0 Å². The number of hydrogen-bond acceptors (Lipinski definition) is 3. The third-order valence-corrected chi connectivity index (χ3v) is 3.95. The molecule has 0 aliphatic heterocycles. The summed E-state index contributed by atoms with van der Waals surface area (Å²) >= 11 is 2.28. The largest absolute Gasteiger partial charge is 0.462 e. The quantitative estimate of drug-likeness (QED) is 0.556. The summed E-state index contributed by atoms with van der Waals surface area (Å²) < 4.78 is 143. The molecule has 0 aliphatic rings.